The number of hydrogen-bond donors (Lipinski definition) is 1. The summed E-state index contributed by atoms with van der Waals surface area (Å²) in [4.78, 5) is 27.3. The van der Waals surface area contributed by atoms with Gasteiger partial charge in [-0.1, -0.05) is 0 Å². The zero-order valence-corrected chi connectivity index (χ0v) is 15.1. The number of rotatable bonds is 4. The van der Waals surface area contributed by atoms with Crippen molar-refractivity contribution < 1.29 is 13.6 Å². The molecule has 6 nitrogen and oxygen atoms in total. The molecule has 2 aromatic heterocycles. The SMILES string of the molecule is O=C(NCc1cc(F)ccc1F)C1CCN(c2cnc3nccnc3c2)CC1. The Morgan fingerprint density at radius 1 is 1.11 bits per heavy atom. The zero-order chi connectivity index (χ0) is 19.5. The van der Waals surface area contributed by atoms with Crippen molar-refractivity contribution in [2.45, 2.75) is 19.4 Å². The van der Waals surface area contributed by atoms with Crippen molar-refractivity contribution in [3.8, 4) is 0 Å². The summed E-state index contributed by atoms with van der Waals surface area (Å²) in [5, 5.41) is 2.72. The predicted octanol–water partition coefficient (Wildman–Crippen LogP) is 2.84. The van der Waals surface area contributed by atoms with Gasteiger partial charge in [0.1, 0.15) is 17.2 Å². The fourth-order valence-corrected chi connectivity index (χ4v) is 3.43. The second-order valence-electron chi connectivity index (χ2n) is 6.81. The number of nitrogens with zero attached hydrogens (tertiary/aromatic N) is 4. The van der Waals surface area contributed by atoms with Crippen LogP contribution in [0.3, 0.4) is 0 Å². The number of halogens is 2. The molecule has 4 rings (SSSR count). The van der Waals surface area contributed by atoms with Crippen LogP contribution in [-0.2, 0) is 11.3 Å². The Balaban J connectivity index is 1.34. The Kier molecular flexibility index (Phi) is 5.10. The van der Waals surface area contributed by atoms with Gasteiger partial charge in [-0.3, -0.25) is 9.78 Å². The topological polar surface area (TPSA) is 71.0 Å². The molecule has 0 bridgehead atoms. The van der Waals surface area contributed by atoms with E-state index < -0.39 is 11.6 Å². The molecule has 1 fully saturated rings. The number of pyridine rings is 1. The van der Waals surface area contributed by atoms with Crippen LogP contribution in [0.1, 0.15) is 18.4 Å². The molecule has 144 valence electrons. The molecule has 8 heteroatoms. The summed E-state index contributed by atoms with van der Waals surface area (Å²) in [5.74, 6) is -1.33. The van der Waals surface area contributed by atoms with E-state index in [2.05, 4.69) is 25.2 Å². The smallest absolute Gasteiger partial charge is 0.223 e. The van der Waals surface area contributed by atoms with Crippen molar-refractivity contribution in [3.63, 3.8) is 0 Å². The van der Waals surface area contributed by atoms with Gasteiger partial charge in [-0.15, -0.1) is 0 Å². The van der Waals surface area contributed by atoms with E-state index in [1.54, 1.807) is 18.6 Å². The summed E-state index contributed by atoms with van der Waals surface area (Å²) < 4.78 is 26.9. The molecule has 1 amide bonds. The lowest BCUT2D eigenvalue weighted by atomic mass is 9.95. The van der Waals surface area contributed by atoms with Gasteiger partial charge in [0.15, 0.2) is 5.65 Å². The Labute approximate surface area is 160 Å². The third-order valence-electron chi connectivity index (χ3n) is 5.00. The van der Waals surface area contributed by atoms with Gasteiger partial charge in [0, 0.05) is 43.5 Å². The van der Waals surface area contributed by atoms with Gasteiger partial charge in [-0.05, 0) is 37.1 Å². The normalized spacial score (nSPS) is 15.0. The van der Waals surface area contributed by atoms with Crippen LogP contribution < -0.4 is 10.2 Å². The van der Waals surface area contributed by atoms with Gasteiger partial charge in [-0.2, -0.15) is 0 Å². The molecule has 3 aromatic rings. The third-order valence-corrected chi connectivity index (χ3v) is 5.00. The minimum absolute atomic E-state index is 0.0180. The maximum atomic E-state index is 13.7. The van der Waals surface area contributed by atoms with Gasteiger partial charge in [-0.25, -0.2) is 18.7 Å². The Bertz CT molecular complexity index is 1000. The molecule has 0 unspecified atom stereocenters. The highest BCUT2D eigenvalue weighted by molar-refractivity contribution is 5.79. The predicted molar refractivity (Wildman–Crippen MR) is 100 cm³/mol. The summed E-state index contributed by atoms with van der Waals surface area (Å²) in [5.41, 5.74) is 2.44. The van der Waals surface area contributed by atoms with E-state index in [4.69, 9.17) is 0 Å². The highest BCUT2D eigenvalue weighted by atomic mass is 19.1. The van der Waals surface area contributed by atoms with E-state index in [-0.39, 0.29) is 23.9 Å². The molecule has 0 aliphatic carbocycles. The molecule has 0 spiro atoms. The molecule has 28 heavy (non-hydrogen) atoms. The summed E-state index contributed by atoms with van der Waals surface area (Å²) in [6.07, 6.45) is 6.36. The summed E-state index contributed by atoms with van der Waals surface area (Å²) in [7, 11) is 0. The number of piperidine rings is 1. The standard InChI is InChI=1S/C20H19F2N5O/c21-15-1-2-17(22)14(9-15)11-26-20(28)13-3-7-27(8-4-13)16-10-18-19(25-12-16)24-6-5-23-18/h1-2,5-6,9-10,12-13H,3-4,7-8,11H2,(H,26,28). The van der Waals surface area contributed by atoms with Gasteiger partial charge in [0.05, 0.1) is 11.9 Å². The molecule has 0 saturated carbocycles. The van der Waals surface area contributed by atoms with Crippen molar-refractivity contribution in [2.24, 2.45) is 5.92 Å². The lowest BCUT2D eigenvalue weighted by molar-refractivity contribution is -0.125. The number of carbonyl (C=O) groups is 1. The molecule has 1 N–H and O–H groups in total. The second kappa shape index (κ2) is 7.84. The lowest BCUT2D eigenvalue weighted by Crippen LogP contribution is -2.40. The van der Waals surface area contributed by atoms with Crippen LogP contribution in [0.2, 0.25) is 0 Å². The first kappa shape index (κ1) is 18.2. The van der Waals surface area contributed by atoms with E-state index in [9.17, 15) is 13.6 Å². The van der Waals surface area contributed by atoms with Crippen molar-refractivity contribution in [2.75, 3.05) is 18.0 Å². The zero-order valence-electron chi connectivity index (χ0n) is 15.1. The van der Waals surface area contributed by atoms with Crippen LogP contribution in [-0.4, -0.2) is 33.9 Å². The maximum absolute atomic E-state index is 13.7. The number of fused-ring (bicyclic) bond motifs is 1. The van der Waals surface area contributed by atoms with Gasteiger partial charge >= 0.3 is 0 Å². The Morgan fingerprint density at radius 2 is 1.89 bits per heavy atom. The highest BCUT2D eigenvalue weighted by Crippen LogP contribution is 2.24. The number of hydrogen-bond acceptors (Lipinski definition) is 5. The fraction of sp³-hybridized carbons (Fsp3) is 0.300. The Hall–Kier alpha value is -3.16. The molecule has 1 saturated heterocycles. The van der Waals surface area contributed by atoms with Crippen molar-refractivity contribution in [3.05, 3.63) is 60.1 Å². The molecular formula is C20H19F2N5O. The molecular weight excluding hydrogens is 364 g/mol. The molecule has 1 aliphatic rings. The van der Waals surface area contributed by atoms with Crippen molar-refractivity contribution in [1.82, 2.24) is 20.3 Å². The maximum Gasteiger partial charge on any atom is 0.223 e. The van der Waals surface area contributed by atoms with Crippen LogP contribution in [0.15, 0.2) is 42.9 Å². The first-order chi connectivity index (χ1) is 13.6. The van der Waals surface area contributed by atoms with E-state index in [1.165, 1.54) is 0 Å². The minimum Gasteiger partial charge on any atom is -0.370 e. The monoisotopic (exact) mass is 383 g/mol. The Morgan fingerprint density at radius 3 is 2.71 bits per heavy atom. The van der Waals surface area contributed by atoms with E-state index in [0.29, 0.717) is 31.6 Å². The van der Waals surface area contributed by atoms with Crippen LogP contribution in [0.5, 0.6) is 0 Å². The summed E-state index contributed by atoms with van der Waals surface area (Å²) in [6.45, 7) is 1.40. The van der Waals surface area contributed by atoms with Crippen molar-refractivity contribution in [1.29, 1.82) is 0 Å². The molecule has 1 aliphatic heterocycles. The lowest BCUT2D eigenvalue weighted by Gasteiger charge is -2.32. The van der Waals surface area contributed by atoms with Crippen molar-refractivity contribution >= 4 is 22.8 Å². The number of carbonyl (C=O) groups excluding carboxylic acids is 1. The number of amides is 1. The van der Waals surface area contributed by atoms with Crippen LogP contribution in [0.25, 0.3) is 11.2 Å². The number of anilines is 1. The van der Waals surface area contributed by atoms with Crippen LogP contribution in [0.4, 0.5) is 14.5 Å². The fourth-order valence-electron chi connectivity index (χ4n) is 3.43. The average Bonchev–Trinajstić information content (AvgIpc) is 2.74. The molecule has 0 atom stereocenters. The largest absolute Gasteiger partial charge is 0.370 e. The van der Waals surface area contributed by atoms with Gasteiger partial charge in [0.25, 0.3) is 0 Å². The first-order valence-corrected chi connectivity index (χ1v) is 9.13. The summed E-state index contributed by atoms with van der Waals surface area (Å²) in [6, 6.07) is 5.18. The molecule has 1 aromatic carbocycles. The first-order valence-electron chi connectivity index (χ1n) is 9.13. The molecule has 0 radical (unpaired) electrons. The molecule has 3 heterocycles. The highest BCUT2D eigenvalue weighted by Gasteiger charge is 2.25. The van der Waals surface area contributed by atoms with Gasteiger partial charge in [0.2, 0.25) is 5.91 Å². The minimum atomic E-state index is -0.525. The van der Waals surface area contributed by atoms with E-state index >= 15 is 0 Å². The van der Waals surface area contributed by atoms with Gasteiger partial charge < -0.3 is 10.2 Å². The summed E-state index contributed by atoms with van der Waals surface area (Å²) >= 11 is 0. The number of aromatic nitrogens is 3. The third kappa shape index (κ3) is 3.90. The van der Waals surface area contributed by atoms with Crippen LogP contribution in [0, 0.1) is 17.6 Å². The quantitative estimate of drug-likeness (QED) is 0.750. The average molecular weight is 383 g/mol. The van der Waals surface area contributed by atoms with Crippen LogP contribution >= 0.6 is 0 Å². The number of benzene rings is 1. The van der Waals surface area contributed by atoms with E-state index in [1.807, 2.05) is 6.07 Å². The van der Waals surface area contributed by atoms with E-state index in [0.717, 1.165) is 29.4 Å². The number of nitrogens with one attached hydrogen (secondary N) is 1. The second-order valence-corrected chi connectivity index (χ2v) is 6.81.